The Morgan fingerprint density at radius 2 is 2.32 bits per heavy atom. The molecule has 0 unspecified atom stereocenters. The fraction of sp³-hybridized carbons (Fsp3) is 0.529. The second-order valence-corrected chi connectivity index (χ2v) is 6.73. The molecule has 2 aliphatic rings. The van der Waals surface area contributed by atoms with Gasteiger partial charge in [-0.3, -0.25) is 19.4 Å². The van der Waals surface area contributed by atoms with Gasteiger partial charge in [0.15, 0.2) is 5.82 Å². The Morgan fingerprint density at radius 3 is 3.08 bits per heavy atom. The summed E-state index contributed by atoms with van der Waals surface area (Å²) in [5, 5.41) is 7.11. The number of nitrogens with zero attached hydrogens (tertiary/aromatic N) is 5. The minimum Gasteiger partial charge on any atom is -0.377 e. The van der Waals surface area contributed by atoms with Crippen LogP contribution in [0.1, 0.15) is 18.4 Å². The molecule has 0 saturated carbocycles. The molecule has 4 heterocycles. The first kappa shape index (κ1) is 16.2. The van der Waals surface area contributed by atoms with Crippen LogP contribution in [0.25, 0.3) is 0 Å². The summed E-state index contributed by atoms with van der Waals surface area (Å²) in [5.41, 5.74) is 1.16. The van der Waals surface area contributed by atoms with Crippen LogP contribution < -0.4 is 5.32 Å². The second kappa shape index (κ2) is 6.89. The Bertz CT molecular complexity index is 734. The van der Waals surface area contributed by atoms with E-state index in [1.54, 1.807) is 23.3 Å². The topological polar surface area (TPSA) is 85.2 Å². The van der Waals surface area contributed by atoms with Crippen molar-refractivity contribution in [2.24, 2.45) is 13.0 Å². The summed E-state index contributed by atoms with van der Waals surface area (Å²) in [6, 6.07) is 0.376. The molecule has 1 N–H and O–H groups in total. The van der Waals surface area contributed by atoms with Crippen LogP contribution in [0.5, 0.6) is 0 Å². The maximum Gasteiger partial charge on any atom is 0.230 e. The lowest BCUT2D eigenvalue weighted by atomic mass is 9.89. The summed E-state index contributed by atoms with van der Waals surface area (Å²) in [6.45, 7) is 2.26. The molecule has 0 spiro atoms. The van der Waals surface area contributed by atoms with Crippen molar-refractivity contribution in [2.75, 3.05) is 18.5 Å². The fourth-order valence-corrected chi connectivity index (χ4v) is 3.81. The number of anilines is 1. The maximum absolute atomic E-state index is 12.7. The zero-order valence-corrected chi connectivity index (χ0v) is 14.2. The van der Waals surface area contributed by atoms with Crippen LogP contribution in [0.15, 0.2) is 31.0 Å². The Labute approximate surface area is 146 Å². The summed E-state index contributed by atoms with van der Waals surface area (Å²) in [6.07, 6.45) is 10.5. The fourth-order valence-electron chi connectivity index (χ4n) is 3.81. The predicted molar refractivity (Wildman–Crippen MR) is 90.5 cm³/mol. The van der Waals surface area contributed by atoms with E-state index in [1.807, 2.05) is 19.4 Å². The third kappa shape index (κ3) is 3.54. The molecule has 3 atom stereocenters. The van der Waals surface area contributed by atoms with Gasteiger partial charge in [-0.15, -0.1) is 0 Å². The van der Waals surface area contributed by atoms with E-state index in [4.69, 9.17) is 4.74 Å². The number of carbonyl (C=O) groups excluding carboxylic acids is 1. The molecule has 4 rings (SSSR count). The number of hydrogen-bond acceptors (Lipinski definition) is 6. The zero-order valence-electron chi connectivity index (χ0n) is 14.2. The smallest absolute Gasteiger partial charge is 0.230 e. The number of ether oxygens (including phenoxy) is 1. The summed E-state index contributed by atoms with van der Waals surface area (Å²) in [4.78, 5) is 23.1. The lowest BCUT2D eigenvalue weighted by molar-refractivity contribution is -0.124. The van der Waals surface area contributed by atoms with E-state index in [-0.39, 0.29) is 17.9 Å². The molecule has 2 aromatic rings. The third-order valence-corrected chi connectivity index (χ3v) is 4.94. The first-order valence-corrected chi connectivity index (χ1v) is 8.59. The molecule has 2 aliphatic heterocycles. The van der Waals surface area contributed by atoms with Crippen LogP contribution in [-0.4, -0.2) is 55.9 Å². The average Bonchev–Trinajstić information content (AvgIpc) is 3.24. The molecule has 0 radical (unpaired) electrons. The van der Waals surface area contributed by atoms with Crippen LogP contribution >= 0.6 is 0 Å². The Balaban J connectivity index is 1.46. The number of fused-ring (bicyclic) bond motifs is 1. The number of likely N-dealkylation sites (tertiary alicyclic amines) is 1. The third-order valence-electron chi connectivity index (χ3n) is 4.94. The molecule has 0 aromatic carbocycles. The number of aryl methyl sites for hydroxylation is 1. The molecular weight excluding hydrogens is 320 g/mol. The summed E-state index contributed by atoms with van der Waals surface area (Å²) in [5.74, 6) is 0.337. The number of hydrogen-bond donors (Lipinski definition) is 1. The minimum absolute atomic E-state index is 0.0226. The highest BCUT2D eigenvalue weighted by Crippen LogP contribution is 2.32. The molecule has 8 heteroatoms. The number of aromatic nitrogens is 4. The van der Waals surface area contributed by atoms with Gasteiger partial charge in [-0.25, -0.2) is 4.98 Å². The van der Waals surface area contributed by atoms with Gasteiger partial charge in [-0.05, 0) is 12.8 Å². The van der Waals surface area contributed by atoms with Crippen molar-refractivity contribution in [3.8, 4) is 0 Å². The predicted octanol–water partition coefficient (Wildman–Crippen LogP) is 0.828. The van der Waals surface area contributed by atoms with Crippen LogP contribution in [0, 0.1) is 5.92 Å². The van der Waals surface area contributed by atoms with Crippen molar-refractivity contribution in [1.82, 2.24) is 24.6 Å². The number of nitrogens with one attached hydrogen (secondary N) is 1. The van der Waals surface area contributed by atoms with Gasteiger partial charge >= 0.3 is 0 Å². The highest BCUT2D eigenvalue weighted by molar-refractivity contribution is 5.91. The maximum atomic E-state index is 12.7. The van der Waals surface area contributed by atoms with Crippen molar-refractivity contribution in [1.29, 1.82) is 0 Å². The Hall–Kier alpha value is -2.32. The molecule has 132 valence electrons. The molecule has 0 bridgehead atoms. The highest BCUT2D eigenvalue weighted by atomic mass is 16.5. The van der Waals surface area contributed by atoms with Gasteiger partial charge in [-0.2, -0.15) is 5.10 Å². The van der Waals surface area contributed by atoms with Crippen molar-refractivity contribution in [3.05, 3.63) is 36.5 Å². The summed E-state index contributed by atoms with van der Waals surface area (Å²) >= 11 is 0. The molecule has 8 nitrogen and oxygen atoms in total. The molecule has 25 heavy (non-hydrogen) atoms. The van der Waals surface area contributed by atoms with E-state index in [0.717, 1.165) is 31.6 Å². The molecule has 2 fully saturated rings. The molecule has 2 saturated heterocycles. The number of piperidine rings is 1. The minimum atomic E-state index is -0.127. The number of rotatable bonds is 4. The molecule has 0 aliphatic carbocycles. The van der Waals surface area contributed by atoms with Crippen LogP contribution in [0.4, 0.5) is 5.82 Å². The lowest BCUT2D eigenvalue weighted by Crippen LogP contribution is -2.51. The van der Waals surface area contributed by atoms with Gasteiger partial charge in [0.25, 0.3) is 0 Å². The van der Waals surface area contributed by atoms with Crippen molar-refractivity contribution in [3.63, 3.8) is 0 Å². The number of amides is 1. The molecular formula is C17H22N6O2. The second-order valence-electron chi connectivity index (χ2n) is 6.73. The van der Waals surface area contributed by atoms with Crippen molar-refractivity contribution >= 4 is 11.7 Å². The van der Waals surface area contributed by atoms with Crippen molar-refractivity contribution in [2.45, 2.75) is 31.5 Å². The highest BCUT2D eigenvalue weighted by Gasteiger charge is 2.42. The molecule has 2 aromatic heterocycles. The van der Waals surface area contributed by atoms with Crippen molar-refractivity contribution < 1.29 is 9.53 Å². The SMILES string of the molecule is Cn1cc(CN2C[C@@H](C(=O)Nc3cnccn3)C[C@H]3OCC[C@H]32)cn1. The standard InChI is InChI=1S/C17H22N6O2/c1-22-9-12(7-20-22)10-23-11-13(6-15-14(23)2-5-25-15)17(24)21-16-8-18-3-4-19-16/h3-4,7-9,13-15H,2,5-6,10-11H2,1H3,(H,19,21,24)/t13-,14+,15+/m0/s1. The van der Waals surface area contributed by atoms with E-state index in [0.29, 0.717) is 18.4 Å². The van der Waals surface area contributed by atoms with E-state index in [1.165, 1.54) is 0 Å². The zero-order chi connectivity index (χ0) is 17.2. The lowest BCUT2D eigenvalue weighted by Gasteiger charge is -2.40. The van der Waals surface area contributed by atoms with Gasteiger partial charge in [0.05, 0.1) is 24.4 Å². The summed E-state index contributed by atoms with van der Waals surface area (Å²) in [7, 11) is 1.92. The first-order valence-electron chi connectivity index (χ1n) is 8.59. The van der Waals surface area contributed by atoms with E-state index in [2.05, 4.69) is 25.3 Å². The Kier molecular flexibility index (Phi) is 4.46. The van der Waals surface area contributed by atoms with Gasteiger partial charge in [0.1, 0.15) is 0 Å². The normalized spacial score (nSPS) is 26.4. The van der Waals surface area contributed by atoms with Crippen LogP contribution in [-0.2, 0) is 23.1 Å². The first-order chi connectivity index (χ1) is 12.2. The van der Waals surface area contributed by atoms with Crippen LogP contribution in [0.2, 0.25) is 0 Å². The largest absolute Gasteiger partial charge is 0.377 e. The van der Waals surface area contributed by atoms with Crippen LogP contribution in [0.3, 0.4) is 0 Å². The quantitative estimate of drug-likeness (QED) is 0.886. The van der Waals surface area contributed by atoms with Gasteiger partial charge in [0, 0.05) is 56.9 Å². The monoisotopic (exact) mass is 342 g/mol. The van der Waals surface area contributed by atoms with Gasteiger partial charge in [-0.1, -0.05) is 0 Å². The van der Waals surface area contributed by atoms with E-state index < -0.39 is 0 Å². The average molecular weight is 342 g/mol. The van der Waals surface area contributed by atoms with Gasteiger partial charge in [0.2, 0.25) is 5.91 Å². The number of carbonyl (C=O) groups is 1. The van der Waals surface area contributed by atoms with E-state index in [9.17, 15) is 4.79 Å². The Morgan fingerprint density at radius 1 is 1.40 bits per heavy atom. The van der Waals surface area contributed by atoms with E-state index >= 15 is 0 Å². The molecule has 1 amide bonds. The summed E-state index contributed by atoms with van der Waals surface area (Å²) < 4.78 is 7.70. The van der Waals surface area contributed by atoms with Gasteiger partial charge < -0.3 is 10.1 Å².